The predicted octanol–water partition coefficient (Wildman–Crippen LogP) is 6.19. The summed E-state index contributed by atoms with van der Waals surface area (Å²) in [6.45, 7) is 2.69. The number of carbonyl (C=O) groups excluding carboxylic acids is 1. The van der Waals surface area contributed by atoms with Crippen LogP contribution in [-0.2, 0) is 0 Å². The number of amides is 1. The van der Waals surface area contributed by atoms with E-state index in [9.17, 15) is 4.79 Å². The number of ether oxygens (including phenoxy) is 1. The number of hydrogen-bond donors (Lipinski definition) is 1. The summed E-state index contributed by atoms with van der Waals surface area (Å²) in [5.74, 6) is 0.927. The number of rotatable bonds is 6. The molecule has 3 aromatic carbocycles. The Kier molecular flexibility index (Phi) is 5.49. The minimum atomic E-state index is -0.224. The van der Waals surface area contributed by atoms with E-state index >= 15 is 0 Å². The zero-order valence-electron chi connectivity index (χ0n) is 15.8. The van der Waals surface area contributed by atoms with Crippen LogP contribution in [0.15, 0.2) is 71.1 Å². The van der Waals surface area contributed by atoms with Gasteiger partial charge in [-0.3, -0.25) is 4.79 Å². The van der Waals surface area contributed by atoms with E-state index in [4.69, 9.17) is 20.8 Å². The van der Waals surface area contributed by atoms with Crippen molar-refractivity contribution in [3.63, 3.8) is 0 Å². The minimum absolute atomic E-state index is 0.224. The molecule has 1 N–H and O–H groups in total. The number of carbonyl (C=O) groups is 1. The standard InChI is InChI=1S/C23H19ClN2O3/c1-2-13-28-17-10-7-15(8-11-17)22(27)25-16-9-12-19(24)18(14-16)23-26-20-5-3-4-6-21(20)29-23/h3-12,14H,2,13H2,1H3,(H,25,27). The highest BCUT2D eigenvalue weighted by Crippen LogP contribution is 2.32. The van der Waals surface area contributed by atoms with Gasteiger partial charge in [0.1, 0.15) is 11.3 Å². The summed E-state index contributed by atoms with van der Waals surface area (Å²) in [6, 6.07) is 19.7. The van der Waals surface area contributed by atoms with Gasteiger partial charge in [0.2, 0.25) is 5.89 Å². The van der Waals surface area contributed by atoms with Crippen LogP contribution in [-0.4, -0.2) is 17.5 Å². The number of benzene rings is 3. The van der Waals surface area contributed by atoms with Crippen LogP contribution in [0, 0.1) is 0 Å². The molecule has 146 valence electrons. The van der Waals surface area contributed by atoms with Gasteiger partial charge < -0.3 is 14.5 Å². The number of aromatic nitrogens is 1. The maximum atomic E-state index is 12.6. The Hall–Kier alpha value is -3.31. The molecule has 0 saturated carbocycles. The molecular weight excluding hydrogens is 388 g/mol. The second-order valence-corrected chi connectivity index (χ2v) is 6.92. The molecule has 5 nitrogen and oxygen atoms in total. The molecule has 0 spiro atoms. The molecule has 4 rings (SSSR count). The van der Waals surface area contributed by atoms with Gasteiger partial charge in [-0.1, -0.05) is 30.7 Å². The molecule has 0 fully saturated rings. The van der Waals surface area contributed by atoms with E-state index in [1.165, 1.54) is 0 Å². The van der Waals surface area contributed by atoms with Crippen LogP contribution in [0.3, 0.4) is 0 Å². The summed E-state index contributed by atoms with van der Waals surface area (Å²) in [6.07, 6.45) is 0.932. The Labute approximate surface area is 173 Å². The molecule has 0 unspecified atom stereocenters. The van der Waals surface area contributed by atoms with E-state index in [2.05, 4.69) is 10.3 Å². The van der Waals surface area contributed by atoms with Gasteiger partial charge in [-0.25, -0.2) is 4.98 Å². The first-order chi connectivity index (χ1) is 14.1. The molecule has 29 heavy (non-hydrogen) atoms. The van der Waals surface area contributed by atoms with Crippen molar-refractivity contribution in [2.24, 2.45) is 0 Å². The second kappa shape index (κ2) is 8.37. The van der Waals surface area contributed by atoms with E-state index in [-0.39, 0.29) is 5.91 Å². The molecule has 0 aliphatic rings. The lowest BCUT2D eigenvalue weighted by Gasteiger charge is -2.09. The molecule has 0 aliphatic carbocycles. The number of nitrogens with zero attached hydrogens (tertiary/aromatic N) is 1. The third kappa shape index (κ3) is 4.25. The Balaban J connectivity index is 1.55. The van der Waals surface area contributed by atoms with Crippen molar-refractivity contribution < 1.29 is 13.9 Å². The van der Waals surface area contributed by atoms with Crippen LogP contribution >= 0.6 is 11.6 Å². The van der Waals surface area contributed by atoms with E-state index in [1.54, 1.807) is 42.5 Å². The smallest absolute Gasteiger partial charge is 0.255 e. The van der Waals surface area contributed by atoms with Crippen molar-refractivity contribution in [1.29, 1.82) is 0 Å². The molecule has 0 radical (unpaired) electrons. The molecule has 0 atom stereocenters. The highest BCUT2D eigenvalue weighted by atomic mass is 35.5. The van der Waals surface area contributed by atoms with Crippen molar-refractivity contribution >= 4 is 34.3 Å². The number of nitrogens with one attached hydrogen (secondary N) is 1. The highest BCUT2D eigenvalue weighted by molar-refractivity contribution is 6.33. The van der Waals surface area contributed by atoms with Crippen LogP contribution in [0.25, 0.3) is 22.6 Å². The topological polar surface area (TPSA) is 64.4 Å². The minimum Gasteiger partial charge on any atom is -0.494 e. The maximum Gasteiger partial charge on any atom is 0.255 e. The Morgan fingerprint density at radius 1 is 1.10 bits per heavy atom. The first-order valence-electron chi connectivity index (χ1n) is 9.34. The van der Waals surface area contributed by atoms with Crippen LogP contribution in [0.5, 0.6) is 5.75 Å². The fraction of sp³-hybridized carbons (Fsp3) is 0.130. The zero-order chi connectivity index (χ0) is 20.2. The number of halogens is 1. The average Bonchev–Trinajstić information content (AvgIpc) is 3.18. The number of para-hydroxylation sites is 2. The van der Waals surface area contributed by atoms with Gasteiger partial charge in [0, 0.05) is 11.3 Å². The quantitative estimate of drug-likeness (QED) is 0.414. The average molecular weight is 407 g/mol. The van der Waals surface area contributed by atoms with Gasteiger partial charge in [0.15, 0.2) is 5.58 Å². The van der Waals surface area contributed by atoms with Gasteiger partial charge in [0.05, 0.1) is 17.2 Å². The van der Waals surface area contributed by atoms with Crippen LogP contribution in [0.1, 0.15) is 23.7 Å². The van der Waals surface area contributed by atoms with Crippen molar-refractivity contribution in [2.45, 2.75) is 13.3 Å². The number of fused-ring (bicyclic) bond motifs is 1. The van der Waals surface area contributed by atoms with Gasteiger partial charge in [-0.05, 0) is 61.0 Å². The normalized spacial score (nSPS) is 10.8. The fourth-order valence-corrected chi connectivity index (χ4v) is 3.08. The molecule has 1 amide bonds. The van der Waals surface area contributed by atoms with E-state index < -0.39 is 0 Å². The molecule has 1 aromatic heterocycles. The van der Waals surface area contributed by atoms with Gasteiger partial charge in [0.25, 0.3) is 5.91 Å². The predicted molar refractivity (Wildman–Crippen MR) is 115 cm³/mol. The molecular formula is C23H19ClN2O3. The van der Waals surface area contributed by atoms with Gasteiger partial charge in [-0.2, -0.15) is 0 Å². The third-order valence-electron chi connectivity index (χ3n) is 4.34. The van der Waals surface area contributed by atoms with E-state index in [1.807, 2.05) is 31.2 Å². The maximum absolute atomic E-state index is 12.6. The summed E-state index contributed by atoms with van der Waals surface area (Å²) in [4.78, 5) is 17.1. The molecule has 0 saturated heterocycles. The second-order valence-electron chi connectivity index (χ2n) is 6.51. The lowest BCUT2D eigenvalue weighted by molar-refractivity contribution is 0.102. The van der Waals surface area contributed by atoms with Gasteiger partial charge >= 0.3 is 0 Å². The molecule has 0 bridgehead atoms. The largest absolute Gasteiger partial charge is 0.494 e. The molecule has 6 heteroatoms. The summed E-state index contributed by atoms with van der Waals surface area (Å²) in [5, 5.41) is 3.38. The van der Waals surface area contributed by atoms with Gasteiger partial charge in [-0.15, -0.1) is 0 Å². The Bertz CT molecular complexity index is 1120. The lowest BCUT2D eigenvalue weighted by atomic mass is 10.1. The van der Waals surface area contributed by atoms with Crippen molar-refractivity contribution in [1.82, 2.24) is 4.98 Å². The Morgan fingerprint density at radius 2 is 1.90 bits per heavy atom. The van der Waals surface area contributed by atoms with Crippen LogP contribution < -0.4 is 10.1 Å². The van der Waals surface area contributed by atoms with E-state index in [0.717, 1.165) is 17.7 Å². The molecule has 1 heterocycles. The van der Waals surface area contributed by atoms with Crippen LogP contribution in [0.2, 0.25) is 5.02 Å². The number of oxazole rings is 1. The Morgan fingerprint density at radius 3 is 2.66 bits per heavy atom. The number of hydrogen-bond acceptors (Lipinski definition) is 4. The first-order valence-corrected chi connectivity index (χ1v) is 9.71. The monoisotopic (exact) mass is 406 g/mol. The first kappa shape index (κ1) is 19.0. The summed E-state index contributed by atoms with van der Waals surface area (Å²) >= 11 is 6.34. The summed E-state index contributed by atoms with van der Waals surface area (Å²) < 4.78 is 11.3. The zero-order valence-corrected chi connectivity index (χ0v) is 16.6. The van der Waals surface area contributed by atoms with Crippen LogP contribution in [0.4, 0.5) is 5.69 Å². The third-order valence-corrected chi connectivity index (χ3v) is 4.67. The van der Waals surface area contributed by atoms with E-state index in [0.29, 0.717) is 39.9 Å². The lowest BCUT2D eigenvalue weighted by Crippen LogP contribution is -2.11. The summed E-state index contributed by atoms with van der Waals surface area (Å²) in [7, 11) is 0. The number of anilines is 1. The van der Waals surface area contributed by atoms with Crippen molar-refractivity contribution in [2.75, 3.05) is 11.9 Å². The van der Waals surface area contributed by atoms with Crippen molar-refractivity contribution in [3.8, 4) is 17.2 Å². The summed E-state index contributed by atoms with van der Waals surface area (Å²) in [5.41, 5.74) is 3.18. The SMILES string of the molecule is CCCOc1ccc(C(=O)Nc2ccc(Cl)c(-c3nc4ccccc4o3)c2)cc1. The fourth-order valence-electron chi connectivity index (χ4n) is 2.88. The van der Waals surface area contributed by atoms with Crippen molar-refractivity contribution in [3.05, 3.63) is 77.3 Å². The highest BCUT2D eigenvalue weighted by Gasteiger charge is 2.14. The molecule has 4 aromatic rings. The molecule has 0 aliphatic heterocycles.